The Morgan fingerprint density at radius 2 is 1.52 bits per heavy atom. The number of carbonyl (C=O) groups excluding carboxylic acids is 1. The van der Waals surface area contributed by atoms with Crippen molar-refractivity contribution in [2.45, 2.75) is 0 Å². The van der Waals surface area contributed by atoms with Gasteiger partial charge < -0.3 is 15.1 Å². The minimum absolute atomic E-state index is 0.197. The summed E-state index contributed by atoms with van der Waals surface area (Å²) in [6.07, 6.45) is 0. The van der Waals surface area contributed by atoms with Crippen LogP contribution in [0.5, 0.6) is 0 Å². The molecule has 1 aliphatic rings. The highest BCUT2D eigenvalue weighted by molar-refractivity contribution is 6.36. The van der Waals surface area contributed by atoms with E-state index in [1.807, 2.05) is 18.2 Å². The minimum atomic E-state index is -0.197. The molecule has 0 unspecified atom stereocenters. The number of hydrogen-bond acceptors (Lipinski definition) is 4. The topological polar surface area (TPSA) is 61.4 Å². The normalized spacial score (nSPS) is 13.9. The zero-order chi connectivity index (χ0) is 22.0. The van der Waals surface area contributed by atoms with Crippen molar-refractivity contribution in [2.75, 3.05) is 36.4 Å². The number of piperazine rings is 1. The molecule has 31 heavy (non-hydrogen) atoms. The highest BCUT2D eigenvalue weighted by Crippen LogP contribution is 2.29. The van der Waals surface area contributed by atoms with E-state index >= 15 is 0 Å². The second-order valence-corrected chi connectivity index (χ2v) is 8.68. The summed E-state index contributed by atoms with van der Waals surface area (Å²) < 4.78 is 0. The molecule has 4 rings (SSSR count). The van der Waals surface area contributed by atoms with Gasteiger partial charge in [-0.05, 0) is 48.5 Å². The van der Waals surface area contributed by atoms with E-state index in [-0.39, 0.29) is 6.03 Å². The van der Waals surface area contributed by atoms with Crippen LogP contribution in [0.15, 0.2) is 48.5 Å². The summed E-state index contributed by atoms with van der Waals surface area (Å²) in [6.45, 7) is 2.37. The molecule has 0 bridgehead atoms. The fourth-order valence-corrected chi connectivity index (χ4v) is 4.33. The van der Waals surface area contributed by atoms with Crippen LogP contribution in [0.25, 0.3) is 11.3 Å². The van der Waals surface area contributed by atoms with E-state index < -0.39 is 0 Å². The average molecular weight is 497 g/mol. The third kappa shape index (κ3) is 5.33. The maximum atomic E-state index is 12.6. The standard InChI is InChI=1S/C21H17Cl4N5O/c22-13-1-2-17(18(25)12-13)19-3-4-20(28-27-19)29-5-7-30(8-6-29)21(31)26-16-10-14(23)9-15(24)11-16/h1-4,9-12H,5-8H2,(H,26,31). The van der Waals surface area contributed by atoms with E-state index in [1.165, 1.54) is 0 Å². The summed E-state index contributed by atoms with van der Waals surface area (Å²) in [6, 6.07) is 13.8. The Hall–Kier alpha value is -2.25. The zero-order valence-electron chi connectivity index (χ0n) is 16.2. The summed E-state index contributed by atoms with van der Waals surface area (Å²) in [5.41, 5.74) is 2.00. The van der Waals surface area contributed by atoms with Gasteiger partial charge in [-0.15, -0.1) is 10.2 Å². The molecule has 3 aromatic rings. The third-order valence-electron chi connectivity index (χ3n) is 4.86. The number of urea groups is 1. The molecule has 1 N–H and O–H groups in total. The Bertz CT molecular complexity index is 1080. The molecular weight excluding hydrogens is 480 g/mol. The number of nitrogens with zero attached hydrogens (tertiary/aromatic N) is 4. The van der Waals surface area contributed by atoms with Crippen molar-refractivity contribution in [1.29, 1.82) is 0 Å². The average Bonchev–Trinajstić information content (AvgIpc) is 2.73. The molecule has 1 aromatic heterocycles. The fraction of sp³-hybridized carbons (Fsp3) is 0.190. The smallest absolute Gasteiger partial charge is 0.321 e. The zero-order valence-corrected chi connectivity index (χ0v) is 19.2. The summed E-state index contributed by atoms with van der Waals surface area (Å²) in [4.78, 5) is 16.4. The largest absolute Gasteiger partial charge is 0.352 e. The van der Waals surface area contributed by atoms with Gasteiger partial charge in [0.2, 0.25) is 0 Å². The van der Waals surface area contributed by atoms with Crippen molar-refractivity contribution in [3.8, 4) is 11.3 Å². The van der Waals surface area contributed by atoms with Crippen molar-refractivity contribution >= 4 is 63.9 Å². The van der Waals surface area contributed by atoms with Gasteiger partial charge in [-0.1, -0.05) is 46.4 Å². The Labute approximate surface area is 199 Å². The lowest BCUT2D eigenvalue weighted by Crippen LogP contribution is -2.50. The molecule has 6 nitrogen and oxygen atoms in total. The highest BCUT2D eigenvalue weighted by atomic mass is 35.5. The van der Waals surface area contributed by atoms with E-state index in [1.54, 1.807) is 35.2 Å². The number of amides is 2. The fourth-order valence-electron chi connectivity index (χ4n) is 3.30. The van der Waals surface area contributed by atoms with Crippen LogP contribution in [0.2, 0.25) is 20.1 Å². The Kier molecular flexibility index (Phi) is 6.72. The number of nitrogens with one attached hydrogen (secondary N) is 1. The van der Waals surface area contributed by atoms with Gasteiger partial charge in [-0.3, -0.25) is 0 Å². The van der Waals surface area contributed by atoms with E-state index in [0.717, 1.165) is 11.4 Å². The number of rotatable bonds is 3. The van der Waals surface area contributed by atoms with Crippen LogP contribution in [0.4, 0.5) is 16.3 Å². The van der Waals surface area contributed by atoms with E-state index in [2.05, 4.69) is 20.4 Å². The summed E-state index contributed by atoms with van der Waals surface area (Å²) >= 11 is 24.2. The first kappa shape index (κ1) is 22.0. The summed E-state index contributed by atoms with van der Waals surface area (Å²) in [7, 11) is 0. The highest BCUT2D eigenvalue weighted by Gasteiger charge is 2.22. The van der Waals surface area contributed by atoms with Crippen LogP contribution < -0.4 is 10.2 Å². The summed E-state index contributed by atoms with van der Waals surface area (Å²) in [5.74, 6) is 0.746. The SMILES string of the molecule is O=C(Nc1cc(Cl)cc(Cl)c1)N1CCN(c2ccc(-c3ccc(Cl)cc3Cl)nn2)CC1. The lowest BCUT2D eigenvalue weighted by atomic mass is 10.1. The van der Waals surface area contributed by atoms with Crippen LogP contribution in [0, 0.1) is 0 Å². The quantitative estimate of drug-likeness (QED) is 0.475. The van der Waals surface area contributed by atoms with Gasteiger partial charge in [0.1, 0.15) is 0 Å². The number of benzene rings is 2. The van der Waals surface area contributed by atoms with Crippen LogP contribution in [-0.2, 0) is 0 Å². The Balaban J connectivity index is 1.36. The van der Waals surface area contributed by atoms with Gasteiger partial charge in [0.05, 0.1) is 10.7 Å². The van der Waals surface area contributed by atoms with Crippen molar-refractivity contribution in [1.82, 2.24) is 15.1 Å². The lowest BCUT2D eigenvalue weighted by molar-refractivity contribution is 0.208. The van der Waals surface area contributed by atoms with Crippen molar-refractivity contribution in [3.05, 3.63) is 68.6 Å². The number of halogens is 4. The van der Waals surface area contributed by atoms with E-state index in [4.69, 9.17) is 46.4 Å². The monoisotopic (exact) mass is 495 g/mol. The molecule has 2 heterocycles. The molecule has 10 heteroatoms. The predicted octanol–water partition coefficient (Wildman–Crippen LogP) is 6.11. The van der Waals surface area contributed by atoms with Crippen LogP contribution in [0.1, 0.15) is 0 Å². The maximum absolute atomic E-state index is 12.6. The van der Waals surface area contributed by atoms with Gasteiger partial charge in [-0.25, -0.2) is 4.79 Å². The second kappa shape index (κ2) is 9.49. The van der Waals surface area contributed by atoms with Crippen molar-refractivity contribution < 1.29 is 4.79 Å². The van der Waals surface area contributed by atoms with Gasteiger partial charge in [-0.2, -0.15) is 0 Å². The van der Waals surface area contributed by atoms with Crippen molar-refractivity contribution in [2.24, 2.45) is 0 Å². The minimum Gasteiger partial charge on any atom is -0.352 e. The molecule has 1 fully saturated rings. The molecule has 0 radical (unpaired) electrons. The molecule has 1 aliphatic heterocycles. The molecule has 0 spiro atoms. The number of aromatic nitrogens is 2. The number of hydrogen-bond donors (Lipinski definition) is 1. The van der Waals surface area contributed by atoms with E-state index in [0.29, 0.717) is 57.7 Å². The van der Waals surface area contributed by atoms with Gasteiger partial charge in [0, 0.05) is 52.5 Å². The molecule has 0 atom stereocenters. The predicted molar refractivity (Wildman–Crippen MR) is 127 cm³/mol. The van der Waals surface area contributed by atoms with E-state index in [9.17, 15) is 4.79 Å². The van der Waals surface area contributed by atoms with Gasteiger partial charge in [0.15, 0.2) is 5.82 Å². The first-order valence-corrected chi connectivity index (χ1v) is 11.0. The molecule has 0 saturated carbocycles. The van der Waals surface area contributed by atoms with Crippen LogP contribution in [0.3, 0.4) is 0 Å². The molecule has 2 amide bonds. The lowest BCUT2D eigenvalue weighted by Gasteiger charge is -2.35. The van der Waals surface area contributed by atoms with Crippen LogP contribution in [-0.4, -0.2) is 47.3 Å². The maximum Gasteiger partial charge on any atom is 0.321 e. The first-order valence-electron chi connectivity index (χ1n) is 9.45. The van der Waals surface area contributed by atoms with Gasteiger partial charge in [0.25, 0.3) is 0 Å². The molecule has 0 aliphatic carbocycles. The Morgan fingerprint density at radius 1 is 0.806 bits per heavy atom. The summed E-state index contributed by atoms with van der Waals surface area (Å²) in [5, 5.41) is 13.5. The Morgan fingerprint density at radius 3 is 2.13 bits per heavy atom. The van der Waals surface area contributed by atoms with Gasteiger partial charge >= 0.3 is 6.03 Å². The van der Waals surface area contributed by atoms with Crippen LogP contribution >= 0.6 is 46.4 Å². The molecule has 1 saturated heterocycles. The molecular formula is C21H17Cl4N5O. The second-order valence-electron chi connectivity index (χ2n) is 6.96. The number of carbonyl (C=O) groups is 1. The third-order valence-corrected chi connectivity index (χ3v) is 5.85. The van der Waals surface area contributed by atoms with Crippen molar-refractivity contribution in [3.63, 3.8) is 0 Å². The first-order chi connectivity index (χ1) is 14.9. The molecule has 2 aromatic carbocycles. The number of anilines is 2. The molecule has 160 valence electrons.